The average Bonchev–Trinajstić information content (AvgIpc) is 2.60. The number of hydrogen-bond donors (Lipinski definition) is 0. The molecule has 0 bridgehead atoms. The monoisotopic (exact) mass is 345 g/mol. The average molecular weight is 345 g/mol. The molecule has 0 saturated carbocycles. The molecule has 0 aliphatic heterocycles. The van der Waals surface area contributed by atoms with E-state index in [-0.39, 0.29) is 0 Å². The number of aryl methyl sites for hydroxylation is 3. The standard InChI is InChI=1S/C24H26P/c1-18(2)25(22-12-6-19(3)7-13-22,23-14-8-20(4)9-15-23)24-16-10-21(5)11-17-24/h6-17H,1H2,2-5H3/q+1. The summed E-state index contributed by atoms with van der Waals surface area (Å²) in [4.78, 5) is 0. The smallest absolute Gasteiger partial charge is 0.0598 e. The predicted molar refractivity (Wildman–Crippen MR) is 114 cm³/mol. The van der Waals surface area contributed by atoms with Gasteiger partial charge in [0.1, 0.15) is 23.2 Å². The highest BCUT2D eigenvalue weighted by Gasteiger charge is 2.46. The summed E-state index contributed by atoms with van der Waals surface area (Å²) >= 11 is 0. The maximum Gasteiger partial charge on any atom is 0.139 e. The molecule has 0 radical (unpaired) electrons. The Kier molecular flexibility index (Phi) is 4.93. The Labute approximate surface area is 152 Å². The Hall–Kier alpha value is -2.17. The van der Waals surface area contributed by atoms with Crippen LogP contribution in [0.3, 0.4) is 0 Å². The van der Waals surface area contributed by atoms with Gasteiger partial charge in [-0.3, -0.25) is 0 Å². The summed E-state index contributed by atoms with van der Waals surface area (Å²) < 4.78 is 0. The van der Waals surface area contributed by atoms with Gasteiger partial charge in [0.2, 0.25) is 0 Å². The van der Waals surface area contributed by atoms with Gasteiger partial charge in [-0.05, 0) is 64.1 Å². The Morgan fingerprint density at radius 1 is 0.560 bits per heavy atom. The zero-order valence-electron chi connectivity index (χ0n) is 15.6. The van der Waals surface area contributed by atoms with E-state index in [1.165, 1.54) is 37.9 Å². The minimum Gasteiger partial charge on any atom is -0.0598 e. The lowest BCUT2D eigenvalue weighted by Crippen LogP contribution is -2.31. The molecule has 25 heavy (non-hydrogen) atoms. The fourth-order valence-corrected chi connectivity index (χ4v) is 7.42. The summed E-state index contributed by atoms with van der Waals surface area (Å²) in [6.45, 7) is 13.1. The van der Waals surface area contributed by atoms with Gasteiger partial charge in [-0.25, -0.2) is 0 Å². The van der Waals surface area contributed by atoms with Gasteiger partial charge in [0, 0.05) is 0 Å². The van der Waals surface area contributed by atoms with Gasteiger partial charge in [-0.15, -0.1) is 0 Å². The summed E-state index contributed by atoms with van der Waals surface area (Å²) in [5.74, 6) is 0. The third-order valence-corrected chi connectivity index (χ3v) is 9.20. The molecule has 0 unspecified atom stereocenters. The van der Waals surface area contributed by atoms with E-state index in [9.17, 15) is 0 Å². The van der Waals surface area contributed by atoms with Crippen LogP contribution in [0, 0.1) is 20.8 Å². The maximum absolute atomic E-state index is 4.47. The molecule has 0 heterocycles. The second-order valence-electron chi connectivity index (χ2n) is 6.91. The Balaban J connectivity index is 2.35. The molecule has 3 aromatic carbocycles. The van der Waals surface area contributed by atoms with Crippen LogP contribution in [-0.4, -0.2) is 0 Å². The summed E-state index contributed by atoms with van der Waals surface area (Å²) in [6, 6.07) is 27.0. The van der Waals surface area contributed by atoms with Crippen LogP contribution in [0.5, 0.6) is 0 Å². The van der Waals surface area contributed by atoms with Gasteiger partial charge in [-0.1, -0.05) is 59.7 Å². The lowest BCUT2D eigenvalue weighted by Gasteiger charge is -2.27. The van der Waals surface area contributed by atoms with E-state index in [0.717, 1.165) is 0 Å². The fourth-order valence-electron chi connectivity index (χ4n) is 3.41. The highest BCUT2D eigenvalue weighted by atomic mass is 31.2. The van der Waals surface area contributed by atoms with Crippen LogP contribution in [0.1, 0.15) is 23.6 Å². The van der Waals surface area contributed by atoms with E-state index in [0.29, 0.717) is 0 Å². The number of benzene rings is 3. The topological polar surface area (TPSA) is 0 Å². The van der Waals surface area contributed by atoms with Crippen LogP contribution in [0.4, 0.5) is 0 Å². The molecule has 0 saturated heterocycles. The van der Waals surface area contributed by atoms with Crippen molar-refractivity contribution in [3.05, 3.63) is 101 Å². The van der Waals surface area contributed by atoms with Crippen molar-refractivity contribution in [3.63, 3.8) is 0 Å². The predicted octanol–water partition coefficient (Wildman–Crippen LogP) is 5.44. The van der Waals surface area contributed by atoms with Gasteiger partial charge in [0.15, 0.2) is 0 Å². The molecule has 0 N–H and O–H groups in total. The first-order valence-electron chi connectivity index (χ1n) is 8.71. The van der Waals surface area contributed by atoms with Crippen molar-refractivity contribution >= 4 is 23.2 Å². The van der Waals surface area contributed by atoms with Crippen molar-refractivity contribution in [2.75, 3.05) is 0 Å². The molecule has 0 aromatic heterocycles. The second-order valence-corrected chi connectivity index (χ2v) is 10.6. The summed E-state index contributed by atoms with van der Waals surface area (Å²) in [7, 11) is -1.88. The third kappa shape index (κ3) is 3.20. The molecular formula is C24H26P+. The third-order valence-electron chi connectivity index (χ3n) is 4.84. The largest absolute Gasteiger partial charge is 0.139 e. The number of hydrogen-bond acceptors (Lipinski definition) is 0. The molecule has 126 valence electrons. The molecule has 0 atom stereocenters. The van der Waals surface area contributed by atoms with E-state index in [1.54, 1.807) is 0 Å². The molecule has 3 rings (SSSR count). The van der Waals surface area contributed by atoms with Crippen molar-refractivity contribution in [2.24, 2.45) is 0 Å². The SMILES string of the molecule is C=C(C)[P+](c1ccc(C)cc1)(c1ccc(C)cc1)c1ccc(C)cc1. The second kappa shape index (κ2) is 6.98. The highest BCUT2D eigenvalue weighted by Crippen LogP contribution is 2.61. The first-order chi connectivity index (χ1) is 11.9. The van der Waals surface area contributed by atoms with Crippen LogP contribution >= 0.6 is 7.26 Å². The van der Waals surface area contributed by atoms with Gasteiger partial charge < -0.3 is 0 Å². The summed E-state index contributed by atoms with van der Waals surface area (Å²) in [6.07, 6.45) is 0. The minimum absolute atomic E-state index is 1.24. The molecular weight excluding hydrogens is 319 g/mol. The van der Waals surface area contributed by atoms with Crippen molar-refractivity contribution in [2.45, 2.75) is 27.7 Å². The zero-order chi connectivity index (χ0) is 18.0. The van der Waals surface area contributed by atoms with Crippen LogP contribution in [0.25, 0.3) is 0 Å². The molecule has 0 aliphatic rings. The molecule has 0 nitrogen and oxygen atoms in total. The Morgan fingerprint density at radius 2 is 0.800 bits per heavy atom. The van der Waals surface area contributed by atoms with Crippen molar-refractivity contribution < 1.29 is 0 Å². The Morgan fingerprint density at radius 3 is 1.00 bits per heavy atom. The molecule has 3 aromatic rings. The van der Waals surface area contributed by atoms with Crippen LogP contribution in [0.2, 0.25) is 0 Å². The molecule has 0 spiro atoms. The Bertz CT molecular complexity index is 758. The first-order valence-corrected chi connectivity index (χ1v) is 10.5. The van der Waals surface area contributed by atoms with Crippen molar-refractivity contribution in [3.8, 4) is 0 Å². The molecule has 1 heteroatoms. The molecule has 0 amide bonds. The fraction of sp³-hybridized carbons (Fsp3) is 0.167. The normalized spacial score (nSPS) is 11.4. The van der Waals surface area contributed by atoms with E-state index in [2.05, 4.69) is 107 Å². The van der Waals surface area contributed by atoms with Crippen molar-refractivity contribution in [1.82, 2.24) is 0 Å². The maximum atomic E-state index is 4.47. The van der Waals surface area contributed by atoms with Crippen LogP contribution in [0.15, 0.2) is 84.7 Å². The van der Waals surface area contributed by atoms with Crippen molar-refractivity contribution in [1.29, 1.82) is 0 Å². The van der Waals surface area contributed by atoms with Crippen LogP contribution < -0.4 is 15.9 Å². The van der Waals surface area contributed by atoms with E-state index < -0.39 is 7.26 Å². The van der Waals surface area contributed by atoms with E-state index in [1.807, 2.05) is 0 Å². The lowest BCUT2D eigenvalue weighted by atomic mass is 10.2. The van der Waals surface area contributed by atoms with Gasteiger partial charge in [0.05, 0.1) is 5.31 Å². The quantitative estimate of drug-likeness (QED) is 0.552. The van der Waals surface area contributed by atoms with Gasteiger partial charge in [0.25, 0.3) is 0 Å². The first kappa shape index (κ1) is 17.6. The molecule has 0 fully saturated rings. The molecule has 0 aliphatic carbocycles. The lowest BCUT2D eigenvalue weighted by molar-refractivity contribution is 1.48. The zero-order valence-corrected chi connectivity index (χ0v) is 16.5. The van der Waals surface area contributed by atoms with Crippen LogP contribution in [-0.2, 0) is 0 Å². The number of allylic oxidation sites excluding steroid dienone is 1. The highest BCUT2D eigenvalue weighted by molar-refractivity contribution is 7.98. The minimum atomic E-state index is -1.88. The van der Waals surface area contributed by atoms with E-state index in [4.69, 9.17) is 0 Å². The summed E-state index contributed by atoms with van der Waals surface area (Å²) in [5.41, 5.74) is 3.86. The number of rotatable bonds is 4. The summed E-state index contributed by atoms with van der Waals surface area (Å²) in [5, 5.41) is 5.36. The van der Waals surface area contributed by atoms with E-state index >= 15 is 0 Å². The van der Waals surface area contributed by atoms with Gasteiger partial charge in [-0.2, -0.15) is 0 Å². The van der Waals surface area contributed by atoms with Gasteiger partial charge >= 0.3 is 0 Å².